The van der Waals surface area contributed by atoms with Gasteiger partial charge in [-0.3, -0.25) is 9.69 Å². The number of aryl methyl sites for hydroxylation is 2. The molecule has 1 amide bonds. The Labute approximate surface area is 162 Å². The van der Waals surface area contributed by atoms with E-state index in [0.717, 1.165) is 46.8 Å². The molecular formula is C22H30N2O3. The Morgan fingerprint density at radius 1 is 1.07 bits per heavy atom. The summed E-state index contributed by atoms with van der Waals surface area (Å²) in [6, 6.07) is 11.7. The normalized spacial score (nSPS) is 12.0. The molecule has 2 aromatic rings. The lowest BCUT2D eigenvalue weighted by Crippen LogP contribution is -2.40. The monoisotopic (exact) mass is 370 g/mol. The molecule has 0 aliphatic rings. The third-order valence-electron chi connectivity index (χ3n) is 4.97. The number of para-hydroxylation sites is 1. The Bertz CT molecular complexity index is 769. The molecule has 0 saturated heterocycles. The van der Waals surface area contributed by atoms with E-state index in [1.54, 1.807) is 14.2 Å². The fraction of sp³-hybridized carbons (Fsp3) is 0.409. The maximum Gasteiger partial charge on any atom is 0.241 e. The number of nitrogens with zero attached hydrogens (tertiary/aromatic N) is 1. The van der Waals surface area contributed by atoms with Crippen LogP contribution < -0.4 is 14.8 Å². The number of anilines is 1. The van der Waals surface area contributed by atoms with Crippen LogP contribution >= 0.6 is 0 Å². The molecule has 0 aliphatic heterocycles. The quantitative estimate of drug-likeness (QED) is 0.767. The van der Waals surface area contributed by atoms with E-state index in [9.17, 15) is 4.79 Å². The smallest absolute Gasteiger partial charge is 0.241 e. The van der Waals surface area contributed by atoms with E-state index in [1.807, 2.05) is 64.2 Å². The molecule has 0 unspecified atom stereocenters. The molecule has 0 aliphatic carbocycles. The first-order valence-electron chi connectivity index (χ1n) is 9.15. The van der Waals surface area contributed by atoms with Crippen molar-refractivity contribution in [3.63, 3.8) is 0 Å². The van der Waals surface area contributed by atoms with E-state index in [0.29, 0.717) is 0 Å². The summed E-state index contributed by atoms with van der Waals surface area (Å²) >= 11 is 0. The van der Waals surface area contributed by atoms with Gasteiger partial charge in [0.25, 0.3) is 0 Å². The number of carbonyl (C=O) groups excluding carboxylic acids is 1. The lowest BCUT2D eigenvalue weighted by Gasteiger charge is -2.24. The molecule has 2 rings (SSSR count). The van der Waals surface area contributed by atoms with Crippen LogP contribution in [0, 0.1) is 13.8 Å². The first-order valence-corrected chi connectivity index (χ1v) is 9.15. The zero-order valence-corrected chi connectivity index (χ0v) is 17.1. The Balaban J connectivity index is 1.97. The van der Waals surface area contributed by atoms with Gasteiger partial charge in [0, 0.05) is 12.2 Å². The van der Waals surface area contributed by atoms with Gasteiger partial charge in [0.15, 0.2) is 11.5 Å². The number of benzene rings is 2. The van der Waals surface area contributed by atoms with Crippen molar-refractivity contribution in [1.82, 2.24) is 4.90 Å². The van der Waals surface area contributed by atoms with Crippen molar-refractivity contribution in [3.05, 3.63) is 53.1 Å². The summed E-state index contributed by atoms with van der Waals surface area (Å²) in [6.45, 7) is 6.70. The third kappa shape index (κ3) is 5.23. The Hall–Kier alpha value is -2.53. The van der Waals surface area contributed by atoms with Gasteiger partial charge in [-0.1, -0.05) is 24.3 Å². The van der Waals surface area contributed by atoms with Crippen molar-refractivity contribution in [3.8, 4) is 11.5 Å². The zero-order valence-electron chi connectivity index (χ0n) is 17.1. The first kappa shape index (κ1) is 20.8. The highest BCUT2D eigenvalue weighted by molar-refractivity contribution is 5.95. The number of hydrogen-bond donors (Lipinski definition) is 1. The lowest BCUT2D eigenvalue weighted by molar-refractivity contribution is -0.120. The Morgan fingerprint density at radius 2 is 1.70 bits per heavy atom. The summed E-state index contributed by atoms with van der Waals surface area (Å²) < 4.78 is 10.6. The molecule has 0 bridgehead atoms. The van der Waals surface area contributed by atoms with Crippen LogP contribution in [0.15, 0.2) is 36.4 Å². The number of ether oxygens (including phenoxy) is 2. The summed E-state index contributed by atoms with van der Waals surface area (Å²) in [6.07, 6.45) is 0.817. The largest absolute Gasteiger partial charge is 0.493 e. The molecule has 5 nitrogen and oxygen atoms in total. The van der Waals surface area contributed by atoms with Gasteiger partial charge in [-0.25, -0.2) is 0 Å². The van der Waals surface area contributed by atoms with Crippen LogP contribution in [0.3, 0.4) is 0 Å². The van der Waals surface area contributed by atoms with Crippen molar-refractivity contribution in [2.75, 3.05) is 33.1 Å². The molecule has 146 valence electrons. The van der Waals surface area contributed by atoms with Gasteiger partial charge in [0.2, 0.25) is 5.91 Å². The zero-order chi connectivity index (χ0) is 20.0. The minimum absolute atomic E-state index is 0.00205. The number of hydrogen-bond acceptors (Lipinski definition) is 4. The highest BCUT2D eigenvalue weighted by atomic mass is 16.5. The van der Waals surface area contributed by atoms with E-state index in [4.69, 9.17) is 9.47 Å². The van der Waals surface area contributed by atoms with Crippen LogP contribution in [-0.4, -0.2) is 44.7 Å². The number of amides is 1. The van der Waals surface area contributed by atoms with Gasteiger partial charge in [0.1, 0.15) is 0 Å². The standard InChI is InChI=1S/C22H30N2O3/c1-15-8-7-9-16(2)21(15)23-22(25)17(3)24(4)13-12-18-10-11-19(26-5)20(14-18)27-6/h7-11,14,17H,12-13H2,1-6H3,(H,23,25)/t17-/m0/s1. The second-order valence-electron chi connectivity index (χ2n) is 6.85. The fourth-order valence-corrected chi connectivity index (χ4v) is 2.97. The summed E-state index contributed by atoms with van der Waals surface area (Å²) in [5.74, 6) is 1.44. The molecule has 27 heavy (non-hydrogen) atoms. The van der Waals surface area contributed by atoms with Gasteiger partial charge < -0.3 is 14.8 Å². The van der Waals surface area contributed by atoms with Gasteiger partial charge in [0.05, 0.1) is 20.3 Å². The molecule has 1 atom stereocenters. The van der Waals surface area contributed by atoms with Crippen molar-refractivity contribution >= 4 is 11.6 Å². The highest BCUT2D eigenvalue weighted by Gasteiger charge is 2.19. The van der Waals surface area contributed by atoms with Crippen molar-refractivity contribution in [2.45, 2.75) is 33.2 Å². The molecule has 0 radical (unpaired) electrons. The number of rotatable bonds is 8. The second kappa shape index (κ2) is 9.42. The predicted molar refractivity (Wildman–Crippen MR) is 110 cm³/mol. The van der Waals surface area contributed by atoms with Crippen LogP contribution in [0.25, 0.3) is 0 Å². The van der Waals surface area contributed by atoms with Crippen LogP contribution in [0.2, 0.25) is 0 Å². The number of methoxy groups -OCH3 is 2. The SMILES string of the molecule is COc1ccc(CCN(C)[C@@H](C)C(=O)Nc2c(C)cccc2C)cc1OC. The molecule has 0 aromatic heterocycles. The molecule has 1 N–H and O–H groups in total. The molecular weight excluding hydrogens is 340 g/mol. The number of nitrogens with one attached hydrogen (secondary N) is 1. The average Bonchev–Trinajstić information content (AvgIpc) is 2.67. The van der Waals surface area contributed by atoms with Crippen LogP contribution in [0.5, 0.6) is 11.5 Å². The Kier molecular flexibility index (Phi) is 7.25. The molecule has 2 aromatic carbocycles. The second-order valence-corrected chi connectivity index (χ2v) is 6.85. The van der Waals surface area contributed by atoms with E-state index in [-0.39, 0.29) is 11.9 Å². The number of likely N-dealkylation sites (N-methyl/N-ethyl adjacent to an activating group) is 1. The highest BCUT2D eigenvalue weighted by Crippen LogP contribution is 2.27. The minimum atomic E-state index is -0.232. The summed E-state index contributed by atoms with van der Waals surface area (Å²) in [5, 5.41) is 3.07. The third-order valence-corrected chi connectivity index (χ3v) is 4.97. The molecule has 5 heteroatoms. The maximum atomic E-state index is 12.7. The van der Waals surface area contributed by atoms with Crippen LogP contribution in [0.4, 0.5) is 5.69 Å². The van der Waals surface area contributed by atoms with E-state index in [2.05, 4.69) is 10.2 Å². The summed E-state index contributed by atoms with van der Waals surface area (Å²) in [4.78, 5) is 14.7. The predicted octanol–water partition coefficient (Wildman–Crippen LogP) is 3.82. The van der Waals surface area contributed by atoms with E-state index in [1.165, 1.54) is 0 Å². The van der Waals surface area contributed by atoms with Crippen molar-refractivity contribution in [2.24, 2.45) is 0 Å². The number of carbonyl (C=O) groups is 1. The molecule has 0 fully saturated rings. The van der Waals surface area contributed by atoms with Gasteiger partial charge in [-0.2, -0.15) is 0 Å². The van der Waals surface area contributed by atoms with E-state index < -0.39 is 0 Å². The van der Waals surface area contributed by atoms with Gasteiger partial charge >= 0.3 is 0 Å². The Morgan fingerprint density at radius 3 is 2.30 bits per heavy atom. The minimum Gasteiger partial charge on any atom is -0.493 e. The summed E-state index contributed by atoms with van der Waals surface area (Å²) in [5.41, 5.74) is 4.19. The maximum absolute atomic E-state index is 12.7. The molecule has 0 heterocycles. The topological polar surface area (TPSA) is 50.8 Å². The van der Waals surface area contributed by atoms with Crippen molar-refractivity contribution in [1.29, 1.82) is 0 Å². The average molecular weight is 370 g/mol. The van der Waals surface area contributed by atoms with Crippen molar-refractivity contribution < 1.29 is 14.3 Å². The van der Waals surface area contributed by atoms with Gasteiger partial charge in [-0.05, 0) is 63.1 Å². The van der Waals surface area contributed by atoms with E-state index >= 15 is 0 Å². The van der Waals surface area contributed by atoms with Crippen LogP contribution in [0.1, 0.15) is 23.6 Å². The first-order chi connectivity index (χ1) is 12.9. The molecule has 0 saturated carbocycles. The summed E-state index contributed by atoms with van der Waals surface area (Å²) in [7, 11) is 5.23. The van der Waals surface area contributed by atoms with Crippen LogP contribution in [-0.2, 0) is 11.2 Å². The van der Waals surface area contributed by atoms with Gasteiger partial charge in [-0.15, -0.1) is 0 Å². The lowest BCUT2D eigenvalue weighted by atomic mass is 10.1. The fourth-order valence-electron chi connectivity index (χ4n) is 2.97. The molecule has 0 spiro atoms.